The summed E-state index contributed by atoms with van der Waals surface area (Å²) in [6.45, 7) is 11.0. The van der Waals surface area contributed by atoms with Crippen molar-refractivity contribution >= 4 is 28.6 Å². The molecule has 24 heavy (non-hydrogen) atoms. The van der Waals surface area contributed by atoms with Gasteiger partial charge in [-0.1, -0.05) is 55.5 Å². The Hall–Kier alpha value is -0.320. The van der Waals surface area contributed by atoms with E-state index in [-0.39, 0.29) is 18.0 Å². The second-order valence-electron chi connectivity index (χ2n) is 8.48. The van der Waals surface area contributed by atoms with Gasteiger partial charge in [-0.05, 0) is 72.2 Å². The van der Waals surface area contributed by atoms with Crippen molar-refractivity contribution in [2.24, 2.45) is 29.1 Å². The minimum Gasteiger partial charge on any atom is -0.458 e. The van der Waals surface area contributed by atoms with Crippen LogP contribution in [0.25, 0.3) is 0 Å². The average molecular weight is 442 g/mol. The van der Waals surface area contributed by atoms with Crippen molar-refractivity contribution in [1.82, 2.24) is 0 Å². The van der Waals surface area contributed by atoms with Gasteiger partial charge in [-0.3, -0.25) is 0 Å². The van der Waals surface area contributed by atoms with Crippen molar-refractivity contribution in [1.29, 1.82) is 0 Å². The summed E-state index contributed by atoms with van der Waals surface area (Å²) in [6, 6.07) is 0. The Bertz CT molecular complexity index is 552. The molecule has 2 saturated carbocycles. The zero-order chi connectivity index (χ0) is 17.5. The molecule has 1 saturated heterocycles. The number of hydrogen-bond acceptors (Lipinski definition) is 2. The molecule has 0 unspecified atom stereocenters. The Morgan fingerprint density at radius 3 is 2.88 bits per heavy atom. The van der Waals surface area contributed by atoms with Crippen LogP contribution < -0.4 is 0 Å². The van der Waals surface area contributed by atoms with Gasteiger partial charge in [0, 0.05) is 11.5 Å². The zero-order valence-corrected chi connectivity index (χ0v) is 17.5. The highest BCUT2D eigenvalue weighted by molar-refractivity contribution is 14.1. The second-order valence-corrected chi connectivity index (χ2v) is 9.10. The first-order chi connectivity index (χ1) is 11.4. The van der Waals surface area contributed by atoms with Crippen LogP contribution in [0.2, 0.25) is 0 Å². The van der Waals surface area contributed by atoms with Crippen LogP contribution >= 0.6 is 22.6 Å². The molecule has 0 spiro atoms. The van der Waals surface area contributed by atoms with Crippen molar-refractivity contribution in [2.75, 3.05) is 0 Å². The molecule has 0 bridgehead atoms. The maximum atomic E-state index is 11.9. The molecule has 6 atom stereocenters. The molecule has 134 valence electrons. The van der Waals surface area contributed by atoms with Gasteiger partial charge < -0.3 is 4.74 Å². The summed E-state index contributed by atoms with van der Waals surface area (Å²) >= 11 is 2.44. The smallest absolute Gasteiger partial charge is 0.334 e. The van der Waals surface area contributed by atoms with Crippen molar-refractivity contribution < 1.29 is 9.53 Å². The lowest BCUT2D eigenvalue weighted by Crippen LogP contribution is -2.37. The maximum Gasteiger partial charge on any atom is 0.334 e. The first-order valence-corrected chi connectivity index (χ1v) is 10.9. The average Bonchev–Trinajstić information content (AvgIpc) is 3.04. The van der Waals surface area contributed by atoms with Crippen LogP contribution in [-0.4, -0.2) is 12.1 Å². The van der Waals surface area contributed by atoms with Gasteiger partial charge in [0.05, 0.1) is 0 Å². The molecule has 1 aliphatic heterocycles. The number of fused-ring (bicyclic) bond motifs is 1. The Morgan fingerprint density at radius 2 is 2.21 bits per heavy atom. The molecule has 0 aromatic rings. The van der Waals surface area contributed by atoms with Crippen LogP contribution in [0.4, 0.5) is 0 Å². The Kier molecular flexibility index (Phi) is 5.48. The van der Waals surface area contributed by atoms with Crippen LogP contribution in [0.15, 0.2) is 21.8 Å². The summed E-state index contributed by atoms with van der Waals surface area (Å²) in [6.07, 6.45) is 8.66. The molecule has 3 rings (SSSR count). The van der Waals surface area contributed by atoms with E-state index in [1.54, 1.807) is 5.57 Å². The third-order valence-electron chi connectivity index (χ3n) is 7.33. The predicted molar refractivity (Wildman–Crippen MR) is 107 cm³/mol. The minimum absolute atomic E-state index is 0.0517. The van der Waals surface area contributed by atoms with E-state index in [4.69, 9.17) is 4.74 Å². The lowest BCUT2D eigenvalue weighted by molar-refractivity contribution is -0.140. The normalized spacial score (nSPS) is 42.2. The molecule has 0 radical (unpaired) electrons. The largest absolute Gasteiger partial charge is 0.458 e. The molecule has 0 amide bonds. The molecule has 1 heterocycles. The van der Waals surface area contributed by atoms with Crippen molar-refractivity contribution in [2.45, 2.75) is 71.8 Å². The lowest BCUT2D eigenvalue weighted by atomic mass is 9.61. The van der Waals surface area contributed by atoms with E-state index in [2.05, 4.69) is 54.0 Å². The van der Waals surface area contributed by atoms with Crippen molar-refractivity contribution in [3.63, 3.8) is 0 Å². The van der Waals surface area contributed by atoms with E-state index < -0.39 is 0 Å². The van der Waals surface area contributed by atoms with E-state index in [0.29, 0.717) is 16.9 Å². The SMILES string of the molecule is C=C1C(=O)O[C@H](C[C@@H](C)[C@H]2CC[C@H]3/C(=C/I)CCC[C@]23C)[C@H]1CC. The number of halogens is 1. The molecule has 2 nitrogen and oxygen atoms in total. The van der Waals surface area contributed by atoms with E-state index in [1.165, 1.54) is 32.1 Å². The van der Waals surface area contributed by atoms with Crippen molar-refractivity contribution in [3.05, 3.63) is 21.8 Å². The summed E-state index contributed by atoms with van der Waals surface area (Å²) in [4.78, 5) is 11.9. The van der Waals surface area contributed by atoms with E-state index in [0.717, 1.165) is 24.7 Å². The number of esters is 1. The summed E-state index contributed by atoms with van der Waals surface area (Å²) in [7, 11) is 0. The molecule has 2 aliphatic carbocycles. The lowest BCUT2D eigenvalue weighted by Gasteiger charge is -2.44. The Balaban J connectivity index is 1.73. The summed E-state index contributed by atoms with van der Waals surface area (Å²) in [5.41, 5.74) is 2.82. The highest BCUT2D eigenvalue weighted by Gasteiger charge is 2.51. The number of cyclic esters (lactones) is 1. The van der Waals surface area contributed by atoms with Gasteiger partial charge in [-0.2, -0.15) is 0 Å². The fourth-order valence-electron chi connectivity index (χ4n) is 6.07. The summed E-state index contributed by atoms with van der Waals surface area (Å²) < 4.78 is 8.02. The maximum absolute atomic E-state index is 11.9. The van der Waals surface area contributed by atoms with Gasteiger partial charge in [0.25, 0.3) is 0 Å². The molecule has 3 aliphatic rings. The van der Waals surface area contributed by atoms with Gasteiger partial charge in [-0.15, -0.1) is 0 Å². The standard InChI is InChI=1S/C21H31IO2/c1-5-16-14(3)20(23)24-19(16)11-13(2)17-8-9-18-15(12-22)7-6-10-21(17,18)4/h12-13,16-19H,3,5-11H2,1-2,4H3/b15-12+/t13-,16+,17-,18+,19-,21-/m1/s1. The number of allylic oxidation sites excluding steroid dienone is 1. The van der Waals surface area contributed by atoms with Gasteiger partial charge in [0.1, 0.15) is 6.10 Å². The fraction of sp³-hybridized carbons (Fsp3) is 0.762. The van der Waals surface area contributed by atoms with Crippen LogP contribution in [0, 0.1) is 29.1 Å². The number of carbonyl (C=O) groups excluding carboxylic acids is 1. The molecule has 0 N–H and O–H groups in total. The van der Waals surface area contributed by atoms with Crippen LogP contribution in [0.5, 0.6) is 0 Å². The molecular weight excluding hydrogens is 411 g/mol. The Morgan fingerprint density at radius 1 is 1.46 bits per heavy atom. The number of rotatable bonds is 4. The zero-order valence-electron chi connectivity index (χ0n) is 15.3. The molecule has 0 aromatic heterocycles. The van der Waals surface area contributed by atoms with Gasteiger partial charge in [0.15, 0.2) is 0 Å². The van der Waals surface area contributed by atoms with Crippen LogP contribution in [0.3, 0.4) is 0 Å². The molecular formula is C21H31IO2. The van der Waals surface area contributed by atoms with E-state index in [1.807, 2.05) is 0 Å². The number of ether oxygens (including phenoxy) is 1. The van der Waals surface area contributed by atoms with Gasteiger partial charge in [0.2, 0.25) is 0 Å². The minimum atomic E-state index is -0.164. The highest BCUT2D eigenvalue weighted by atomic mass is 127. The molecule has 3 heteroatoms. The van der Waals surface area contributed by atoms with Crippen LogP contribution in [0.1, 0.15) is 65.7 Å². The summed E-state index contributed by atoms with van der Waals surface area (Å²) in [5.74, 6) is 2.19. The summed E-state index contributed by atoms with van der Waals surface area (Å²) in [5, 5.41) is 0. The third kappa shape index (κ3) is 2.99. The first kappa shape index (κ1) is 18.5. The van der Waals surface area contributed by atoms with Crippen LogP contribution in [-0.2, 0) is 9.53 Å². The first-order valence-electron chi connectivity index (χ1n) is 9.61. The fourth-order valence-corrected chi connectivity index (χ4v) is 6.81. The molecule has 3 fully saturated rings. The van der Waals surface area contributed by atoms with E-state index in [9.17, 15) is 4.79 Å². The van der Waals surface area contributed by atoms with E-state index >= 15 is 0 Å². The highest BCUT2D eigenvalue weighted by Crippen LogP contribution is 2.60. The quantitative estimate of drug-likeness (QED) is 0.301. The predicted octanol–water partition coefficient (Wildman–Crippen LogP) is 6.06. The second kappa shape index (κ2) is 7.13. The Labute approximate surface area is 160 Å². The topological polar surface area (TPSA) is 26.3 Å². The van der Waals surface area contributed by atoms with Gasteiger partial charge in [-0.25, -0.2) is 4.79 Å². The van der Waals surface area contributed by atoms with Gasteiger partial charge >= 0.3 is 5.97 Å². The monoisotopic (exact) mass is 442 g/mol. The van der Waals surface area contributed by atoms with Crippen molar-refractivity contribution in [3.8, 4) is 0 Å². The number of carbonyl (C=O) groups is 1. The third-order valence-corrected chi connectivity index (χ3v) is 8.13. The number of hydrogen-bond donors (Lipinski definition) is 0. The molecule has 0 aromatic carbocycles.